The summed E-state index contributed by atoms with van der Waals surface area (Å²) in [5.74, 6) is 0.717. The molecular formula is C19H30FIN4O. The van der Waals surface area contributed by atoms with Gasteiger partial charge in [-0.2, -0.15) is 0 Å². The van der Waals surface area contributed by atoms with Crippen molar-refractivity contribution in [3.05, 3.63) is 29.6 Å². The van der Waals surface area contributed by atoms with E-state index in [9.17, 15) is 4.39 Å². The van der Waals surface area contributed by atoms with Crippen LogP contribution in [0, 0.1) is 11.2 Å². The molecule has 0 aromatic heterocycles. The highest BCUT2D eigenvalue weighted by atomic mass is 127. The molecule has 5 nitrogen and oxygen atoms in total. The highest BCUT2D eigenvalue weighted by Gasteiger charge is 2.42. The molecule has 2 saturated heterocycles. The van der Waals surface area contributed by atoms with Gasteiger partial charge in [-0.1, -0.05) is 6.07 Å². The fourth-order valence-electron chi connectivity index (χ4n) is 3.69. The zero-order valence-electron chi connectivity index (χ0n) is 15.9. The Morgan fingerprint density at radius 2 is 2.19 bits per heavy atom. The lowest BCUT2D eigenvalue weighted by Gasteiger charge is -2.25. The van der Waals surface area contributed by atoms with Crippen molar-refractivity contribution in [1.82, 2.24) is 10.2 Å². The number of hydrogen-bond acceptors (Lipinski definition) is 3. The Bertz CT molecular complexity index is 632. The van der Waals surface area contributed by atoms with E-state index >= 15 is 0 Å². The van der Waals surface area contributed by atoms with E-state index in [4.69, 9.17) is 9.73 Å². The van der Waals surface area contributed by atoms with E-state index in [0.717, 1.165) is 57.2 Å². The first kappa shape index (κ1) is 21.2. The van der Waals surface area contributed by atoms with Crippen LogP contribution in [-0.4, -0.2) is 57.8 Å². The zero-order chi connectivity index (χ0) is 17.9. The summed E-state index contributed by atoms with van der Waals surface area (Å²) in [6, 6.07) is 5.34. The molecule has 1 N–H and O–H groups in total. The Kier molecular flexibility index (Phi) is 7.52. The number of nitrogens with zero attached hydrogens (tertiary/aromatic N) is 3. The summed E-state index contributed by atoms with van der Waals surface area (Å²) in [4.78, 5) is 8.85. The molecular weight excluding hydrogens is 446 g/mol. The summed E-state index contributed by atoms with van der Waals surface area (Å²) < 4.78 is 19.8. The first-order valence-corrected chi connectivity index (χ1v) is 9.10. The van der Waals surface area contributed by atoms with Crippen molar-refractivity contribution in [1.29, 1.82) is 0 Å². The summed E-state index contributed by atoms with van der Waals surface area (Å²) in [6.45, 7) is 7.11. The molecule has 1 aromatic rings. The van der Waals surface area contributed by atoms with Gasteiger partial charge in [-0.15, -0.1) is 24.0 Å². The Morgan fingerprint density at radius 1 is 1.38 bits per heavy atom. The molecule has 0 aliphatic carbocycles. The topological polar surface area (TPSA) is 40.1 Å². The van der Waals surface area contributed by atoms with E-state index in [2.05, 4.69) is 17.1 Å². The van der Waals surface area contributed by atoms with Crippen LogP contribution >= 0.6 is 24.0 Å². The predicted molar refractivity (Wildman–Crippen MR) is 115 cm³/mol. The number of aliphatic imine (C=N–C) groups is 1. The van der Waals surface area contributed by atoms with Crippen LogP contribution in [0.4, 0.5) is 10.1 Å². The molecule has 0 saturated carbocycles. The molecule has 0 bridgehead atoms. The minimum Gasteiger partial charge on any atom is -0.381 e. The quantitative estimate of drug-likeness (QED) is 0.412. The van der Waals surface area contributed by atoms with E-state index in [1.807, 2.05) is 26.2 Å². The van der Waals surface area contributed by atoms with Crippen molar-refractivity contribution in [2.75, 3.05) is 51.8 Å². The number of guanidine groups is 1. The molecule has 2 aliphatic rings. The van der Waals surface area contributed by atoms with Gasteiger partial charge in [0.1, 0.15) is 5.82 Å². The van der Waals surface area contributed by atoms with Gasteiger partial charge in [-0.05, 0) is 37.5 Å². The predicted octanol–water partition coefficient (Wildman–Crippen LogP) is 3.09. The van der Waals surface area contributed by atoms with Crippen molar-refractivity contribution in [2.24, 2.45) is 10.4 Å². The maximum atomic E-state index is 14.1. The van der Waals surface area contributed by atoms with Gasteiger partial charge in [0.25, 0.3) is 0 Å². The number of anilines is 1. The first-order valence-electron chi connectivity index (χ1n) is 9.10. The van der Waals surface area contributed by atoms with Crippen LogP contribution in [0.15, 0.2) is 23.2 Å². The molecule has 1 atom stereocenters. The molecule has 3 rings (SSSR count). The number of ether oxygens (including phenoxy) is 1. The third kappa shape index (κ3) is 4.79. The maximum Gasteiger partial charge on any atom is 0.194 e. The zero-order valence-corrected chi connectivity index (χ0v) is 18.3. The standard InChI is InChI=1S/C19H29FN4O.HI/c1-4-21-18(24-9-7-19(13-24)8-10-25-14-19)22-12-15-5-6-17(23(2)3)16(20)11-15;/h5-6,11H,4,7-10,12-14H2,1-3H3,(H,21,22);1H. The summed E-state index contributed by atoms with van der Waals surface area (Å²) in [6.07, 6.45) is 2.30. The molecule has 1 spiro atoms. The molecule has 0 radical (unpaired) electrons. The molecule has 2 heterocycles. The number of likely N-dealkylation sites (tertiary alicyclic amines) is 1. The van der Waals surface area contributed by atoms with Gasteiger partial charge in [0, 0.05) is 45.8 Å². The highest BCUT2D eigenvalue weighted by Crippen LogP contribution is 2.38. The van der Waals surface area contributed by atoms with Gasteiger partial charge >= 0.3 is 0 Å². The molecule has 7 heteroatoms. The van der Waals surface area contributed by atoms with Crippen molar-refractivity contribution in [3.8, 4) is 0 Å². The Labute approximate surface area is 173 Å². The average Bonchev–Trinajstić information content (AvgIpc) is 3.21. The fourth-order valence-corrected chi connectivity index (χ4v) is 3.69. The minimum absolute atomic E-state index is 0. The monoisotopic (exact) mass is 476 g/mol. The Morgan fingerprint density at radius 3 is 2.81 bits per heavy atom. The highest BCUT2D eigenvalue weighted by molar-refractivity contribution is 14.0. The second-order valence-electron chi connectivity index (χ2n) is 7.32. The average molecular weight is 476 g/mol. The van der Waals surface area contributed by atoms with Crippen LogP contribution in [0.2, 0.25) is 0 Å². The van der Waals surface area contributed by atoms with Crippen molar-refractivity contribution in [2.45, 2.75) is 26.3 Å². The second kappa shape index (κ2) is 9.21. The van der Waals surface area contributed by atoms with E-state index in [0.29, 0.717) is 17.6 Å². The Hall–Kier alpha value is -1.09. The number of nitrogens with one attached hydrogen (secondary N) is 1. The van der Waals surface area contributed by atoms with Gasteiger partial charge in [-0.3, -0.25) is 0 Å². The smallest absolute Gasteiger partial charge is 0.194 e. The lowest BCUT2D eigenvalue weighted by Crippen LogP contribution is -2.41. The largest absolute Gasteiger partial charge is 0.381 e. The number of halogens is 2. The van der Waals surface area contributed by atoms with E-state index in [-0.39, 0.29) is 29.8 Å². The van der Waals surface area contributed by atoms with Gasteiger partial charge in [-0.25, -0.2) is 9.38 Å². The summed E-state index contributed by atoms with van der Waals surface area (Å²) in [5, 5.41) is 3.38. The first-order chi connectivity index (χ1) is 12.0. The van der Waals surface area contributed by atoms with Gasteiger partial charge < -0.3 is 19.9 Å². The summed E-state index contributed by atoms with van der Waals surface area (Å²) in [5.41, 5.74) is 1.79. The second-order valence-corrected chi connectivity index (χ2v) is 7.32. The fraction of sp³-hybridized carbons (Fsp3) is 0.632. The maximum absolute atomic E-state index is 14.1. The van der Waals surface area contributed by atoms with Gasteiger partial charge in [0.2, 0.25) is 0 Å². The summed E-state index contributed by atoms with van der Waals surface area (Å²) >= 11 is 0. The molecule has 26 heavy (non-hydrogen) atoms. The summed E-state index contributed by atoms with van der Waals surface area (Å²) in [7, 11) is 3.69. The van der Waals surface area contributed by atoms with Crippen LogP contribution in [0.3, 0.4) is 0 Å². The van der Waals surface area contributed by atoms with Gasteiger partial charge in [0.15, 0.2) is 5.96 Å². The van der Waals surface area contributed by atoms with Crippen molar-refractivity contribution < 1.29 is 9.13 Å². The minimum atomic E-state index is -0.203. The van der Waals surface area contributed by atoms with E-state index in [1.165, 1.54) is 0 Å². The molecule has 2 aliphatic heterocycles. The van der Waals surface area contributed by atoms with Crippen molar-refractivity contribution in [3.63, 3.8) is 0 Å². The molecule has 1 aromatic carbocycles. The van der Waals surface area contributed by atoms with Crippen molar-refractivity contribution >= 4 is 35.6 Å². The normalized spacial score (nSPS) is 22.6. The molecule has 146 valence electrons. The number of benzene rings is 1. The third-order valence-electron chi connectivity index (χ3n) is 5.16. The lowest BCUT2D eigenvalue weighted by molar-refractivity contribution is 0.156. The molecule has 0 amide bonds. The van der Waals surface area contributed by atoms with Crippen LogP contribution in [0.1, 0.15) is 25.3 Å². The lowest BCUT2D eigenvalue weighted by atomic mass is 9.87. The van der Waals surface area contributed by atoms with Gasteiger partial charge in [0.05, 0.1) is 18.8 Å². The van der Waals surface area contributed by atoms with E-state index < -0.39 is 0 Å². The number of hydrogen-bond donors (Lipinski definition) is 1. The SMILES string of the molecule is CCNC(=NCc1ccc(N(C)C)c(F)c1)N1CCC2(CCOC2)C1.I. The number of rotatable bonds is 4. The Balaban J connectivity index is 0.00000243. The van der Waals surface area contributed by atoms with Crippen LogP contribution in [-0.2, 0) is 11.3 Å². The molecule has 1 unspecified atom stereocenters. The van der Waals surface area contributed by atoms with Crippen LogP contribution in [0.25, 0.3) is 0 Å². The van der Waals surface area contributed by atoms with Crippen LogP contribution in [0.5, 0.6) is 0 Å². The molecule has 2 fully saturated rings. The third-order valence-corrected chi connectivity index (χ3v) is 5.16. The van der Waals surface area contributed by atoms with E-state index in [1.54, 1.807) is 11.0 Å². The van der Waals surface area contributed by atoms with Crippen LogP contribution < -0.4 is 10.2 Å².